The first-order valence-corrected chi connectivity index (χ1v) is 6.86. The van der Waals surface area contributed by atoms with Gasteiger partial charge in [-0.25, -0.2) is 0 Å². The summed E-state index contributed by atoms with van der Waals surface area (Å²) in [5.41, 5.74) is 0.782. The second-order valence-corrected chi connectivity index (χ2v) is 5.07. The SMILES string of the molecule is COc1ccc(-n2nnnc2CNCC(C)C)c(OC)c1. The van der Waals surface area contributed by atoms with Crippen molar-refractivity contribution in [2.24, 2.45) is 5.92 Å². The van der Waals surface area contributed by atoms with Crippen molar-refractivity contribution in [2.75, 3.05) is 20.8 Å². The fourth-order valence-electron chi connectivity index (χ4n) is 1.94. The Morgan fingerprint density at radius 3 is 2.71 bits per heavy atom. The number of ether oxygens (including phenoxy) is 2. The van der Waals surface area contributed by atoms with Gasteiger partial charge in [0, 0.05) is 6.07 Å². The molecule has 1 heterocycles. The van der Waals surface area contributed by atoms with Gasteiger partial charge in [-0.2, -0.15) is 4.68 Å². The molecule has 1 aromatic carbocycles. The van der Waals surface area contributed by atoms with Gasteiger partial charge in [-0.1, -0.05) is 13.8 Å². The van der Waals surface area contributed by atoms with Crippen LogP contribution in [0.1, 0.15) is 19.7 Å². The van der Waals surface area contributed by atoms with E-state index in [0.29, 0.717) is 18.2 Å². The molecule has 0 saturated heterocycles. The number of nitrogens with one attached hydrogen (secondary N) is 1. The Balaban J connectivity index is 2.24. The fourth-order valence-corrected chi connectivity index (χ4v) is 1.94. The number of nitrogens with zero attached hydrogens (tertiary/aromatic N) is 4. The second-order valence-electron chi connectivity index (χ2n) is 5.07. The molecule has 0 saturated carbocycles. The minimum Gasteiger partial charge on any atom is -0.497 e. The van der Waals surface area contributed by atoms with Crippen molar-refractivity contribution >= 4 is 0 Å². The summed E-state index contributed by atoms with van der Waals surface area (Å²) in [5, 5.41) is 15.2. The lowest BCUT2D eigenvalue weighted by Crippen LogP contribution is -2.21. The first kappa shape index (κ1) is 15.2. The van der Waals surface area contributed by atoms with Gasteiger partial charge >= 0.3 is 0 Å². The van der Waals surface area contributed by atoms with Crippen molar-refractivity contribution in [1.29, 1.82) is 0 Å². The monoisotopic (exact) mass is 291 g/mol. The molecule has 114 valence electrons. The Morgan fingerprint density at radius 1 is 1.24 bits per heavy atom. The molecule has 21 heavy (non-hydrogen) atoms. The molecular formula is C14H21N5O2. The van der Waals surface area contributed by atoms with E-state index < -0.39 is 0 Å². The molecule has 0 fully saturated rings. The van der Waals surface area contributed by atoms with Gasteiger partial charge in [0.25, 0.3) is 0 Å². The van der Waals surface area contributed by atoms with Gasteiger partial charge < -0.3 is 14.8 Å². The van der Waals surface area contributed by atoms with Crippen LogP contribution < -0.4 is 14.8 Å². The topological polar surface area (TPSA) is 74.1 Å². The standard InChI is InChI=1S/C14H21N5O2/c1-10(2)8-15-9-14-16-17-18-19(14)12-6-5-11(20-3)7-13(12)21-4/h5-7,10,15H,8-9H2,1-4H3. The third-order valence-corrected chi connectivity index (χ3v) is 2.98. The fraction of sp³-hybridized carbons (Fsp3) is 0.500. The maximum Gasteiger partial charge on any atom is 0.170 e. The van der Waals surface area contributed by atoms with E-state index >= 15 is 0 Å². The summed E-state index contributed by atoms with van der Waals surface area (Å²) in [5.74, 6) is 2.69. The molecule has 0 spiro atoms. The Labute approximate surface area is 124 Å². The summed E-state index contributed by atoms with van der Waals surface area (Å²) < 4.78 is 12.3. The van der Waals surface area contributed by atoms with Gasteiger partial charge in [-0.3, -0.25) is 0 Å². The maximum absolute atomic E-state index is 5.39. The average molecular weight is 291 g/mol. The molecule has 0 aliphatic carbocycles. The highest BCUT2D eigenvalue weighted by Gasteiger charge is 2.13. The average Bonchev–Trinajstić information content (AvgIpc) is 2.94. The van der Waals surface area contributed by atoms with E-state index in [1.165, 1.54) is 0 Å². The number of tetrazole rings is 1. The highest BCUT2D eigenvalue weighted by atomic mass is 16.5. The molecule has 0 bridgehead atoms. The molecule has 0 radical (unpaired) electrons. The molecule has 0 unspecified atom stereocenters. The van der Waals surface area contributed by atoms with Crippen LogP contribution in [0, 0.1) is 5.92 Å². The lowest BCUT2D eigenvalue weighted by molar-refractivity contribution is 0.392. The molecule has 2 rings (SSSR count). The van der Waals surface area contributed by atoms with E-state index in [1.54, 1.807) is 18.9 Å². The van der Waals surface area contributed by atoms with E-state index in [0.717, 1.165) is 23.8 Å². The normalized spacial score (nSPS) is 10.9. The Hall–Kier alpha value is -2.15. The third kappa shape index (κ3) is 3.69. The minimum atomic E-state index is 0.574. The zero-order valence-corrected chi connectivity index (χ0v) is 12.8. The molecule has 7 nitrogen and oxygen atoms in total. The molecule has 2 aromatic rings. The van der Waals surface area contributed by atoms with Crippen LogP contribution in [0.15, 0.2) is 18.2 Å². The van der Waals surface area contributed by atoms with Crippen LogP contribution in [0.3, 0.4) is 0 Å². The van der Waals surface area contributed by atoms with Crippen LogP contribution in [-0.2, 0) is 6.54 Å². The summed E-state index contributed by atoms with van der Waals surface area (Å²) in [4.78, 5) is 0. The molecule has 0 aliphatic heterocycles. The largest absolute Gasteiger partial charge is 0.497 e. The van der Waals surface area contributed by atoms with E-state index in [2.05, 4.69) is 34.7 Å². The van der Waals surface area contributed by atoms with Gasteiger partial charge in [-0.05, 0) is 35.0 Å². The Bertz CT molecular complexity index is 582. The smallest absolute Gasteiger partial charge is 0.170 e. The van der Waals surface area contributed by atoms with E-state index in [-0.39, 0.29) is 0 Å². The molecule has 0 aliphatic rings. The van der Waals surface area contributed by atoms with Gasteiger partial charge in [0.15, 0.2) is 5.82 Å². The zero-order chi connectivity index (χ0) is 15.2. The van der Waals surface area contributed by atoms with Crippen molar-refractivity contribution in [3.05, 3.63) is 24.0 Å². The van der Waals surface area contributed by atoms with Crippen LogP contribution >= 0.6 is 0 Å². The van der Waals surface area contributed by atoms with Gasteiger partial charge in [0.1, 0.15) is 17.2 Å². The van der Waals surface area contributed by atoms with Crippen LogP contribution in [0.25, 0.3) is 5.69 Å². The van der Waals surface area contributed by atoms with Gasteiger partial charge in [0.05, 0.1) is 20.8 Å². The maximum atomic E-state index is 5.39. The summed E-state index contributed by atoms with van der Waals surface area (Å²) in [6.45, 7) is 5.82. The minimum absolute atomic E-state index is 0.574. The highest BCUT2D eigenvalue weighted by molar-refractivity contribution is 5.50. The molecule has 0 atom stereocenters. The first-order valence-electron chi connectivity index (χ1n) is 6.86. The summed E-state index contributed by atoms with van der Waals surface area (Å²) in [6.07, 6.45) is 0. The van der Waals surface area contributed by atoms with Crippen molar-refractivity contribution < 1.29 is 9.47 Å². The van der Waals surface area contributed by atoms with Crippen LogP contribution in [0.4, 0.5) is 0 Å². The third-order valence-electron chi connectivity index (χ3n) is 2.98. The second kappa shape index (κ2) is 7.03. The quantitative estimate of drug-likeness (QED) is 0.831. The first-order chi connectivity index (χ1) is 10.2. The number of methoxy groups -OCH3 is 2. The molecule has 7 heteroatoms. The number of hydrogen-bond donors (Lipinski definition) is 1. The predicted octanol–water partition coefficient (Wildman–Crippen LogP) is 1.43. The number of aromatic nitrogens is 4. The van der Waals surface area contributed by atoms with Gasteiger partial charge in [-0.15, -0.1) is 5.10 Å². The lowest BCUT2D eigenvalue weighted by atomic mass is 10.2. The van der Waals surface area contributed by atoms with E-state index in [4.69, 9.17) is 9.47 Å². The zero-order valence-electron chi connectivity index (χ0n) is 12.8. The number of hydrogen-bond acceptors (Lipinski definition) is 6. The Morgan fingerprint density at radius 2 is 2.05 bits per heavy atom. The van der Waals surface area contributed by atoms with Crippen molar-refractivity contribution in [3.63, 3.8) is 0 Å². The van der Waals surface area contributed by atoms with Crippen molar-refractivity contribution in [3.8, 4) is 17.2 Å². The van der Waals surface area contributed by atoms with Crippen molar-refractivity contribution in [2.45, 2.75) is 20.4 Å². The number of benzene rings is 1. The number of rotatable bonds is 7. The predicted molar refractivity (Wildman–Crippen MR) is 78.8 cm³/mol. The summed E-state index contributed by atoms with van der Waals surface area (Å²) in [7, 11) is 3.23. The molecule has 0 amide bonds. The summed E-state index contributed by atoms with van der Waals surface area (Å²) >= 11 is 0. The van der Waals surface area contributed by atoms with Crippen LogP contribution in [-0.4, -0.2) is 41.0 Å². The van der Waals surface area contributed by atoms with Crippen LogP contribution in [0.2, 0.25) is 0 Å². The van der Waals surface area contributed by atoms with Crippen LogP contribution in [0.5, 0.6) is 11.5 Å². The van der Waals surface area contributed by atoms with E-state index in [1.807, 2.05) is 18.2 Å². The molecule has 1 aromatic heterocycles. The lowest BCUT2D eigenvalue weighted by Gasteiger charge is -2.12. The summed E-state index contributed by atoms with van der Waals surface area (Å²) in [6, 6.07) is 5.53. The van der Waals surface area contributed by atoms with Crippen molar-refractivity contribution in [1.82, 2.24) is 25.5 Å². The van der Waals surface area contributed by atoms with E-state index in [9.17, 15) is 0 Å². The van der Waals surface area contributed by atoms with Gasteiger partial charge in [0.2, 0.25) is 0 Å². The highest BCUT2D eigenvalue weighted by Crippen LogP contribution is 2.27. The molecule has 1 N–H and O–H groups in total. The molecular weight excluding hydrogens is 270 g/mol. The Kier molecular flexibility index (Phi) is 5.10.